The molecule has 1 aliphatic heterocycles. The van der Waals surface area contributed by atoms with Gasteiger partial charge in [0.1, 0.15) is 5.54 Å². The van der Waals surface area contributed by atoms with Gasteiger partial charge in [0.05, 0.1) is 13.2 Å². The minimum absolute atomic E-state index is 0.270. The van der Waals surface area contributed by atoms with Gasteiger partial charge in [-0.2, -0.15) is 0 Å². The monoisotopic (exact) mass is 403 g/mol. The lowest BCUT2D eigenvalue weighted by molar-refractivity contribution is -0.157. The lowest BCUT2D eigenvalue weighted by Gasteiger charge is -2.35. The number of benzene rings is 1. The first-order valence-electron chi connectivity index (χ1n) is 10.2. The third-order valence-corrected chi connectivity index (χ3v) is 5.37. The van der Waals surface area contributed by atoms with E-state index in [0.29, 0.717) is 31.7 Å². The third-order valence-electron chi connectivity index (χ3n) is 5.37. The summed E-state index contributed by atoms with van der Waals surface area (Å²) in [6, 6.07) is 7.54. The number of carbonyl (C=O) groups excluding carboxylic acids is 3. The van der Waals surface area contributed by atoms with Gasteiger partial charge >= 0.3 is 5.97 Å². The predicted octanol–water partition coefficient (Wildman–Crippen LogP) is 1.84. The van der Waals surface area contributed by atoms with Gasteiger partial charge < -0.3 is 25.0 Å². The lowest BCUT2D eigenvalue weighted by atomic mass is 9.81. The highest BCUT2D eigenvalue weighted by Crippen LogP contribution is 2.29. The molecule has 0 spiro atoms. The molecular weight excluding hydrogens is 374 g/mol. The summed E-state index contributed by atoms with van der Waals surface area (Å²) in [6.45, 7) is 4.12. The molecule has 2 fully saturated rings. The number of morpholine rings is 1. The first-order chi connectivity index (χ1) is 14.0. The van der Waals surface area contributed by atoms with Crippen molar-refractivity contribution in [3.8, 4) is 0 Å². The maximum absolute atomic E-state index is 12.6. The van der Waals surface area contributed by atoms with Crippen LogP contribution in [0.1, 0.15) is 39.0 Å². The summed E-state index contributed by atoms with van der Waals surface area (Å²) in [5.74, 6) is -1.22. The minimum Gasteiger partial charge on any atom is -0.454 e. The van der Waals surface area contributed by atoms with Gasteiger partial charge in [-0.05, 0) is 37.1 Å². The molecule has 1 aromatic rings. The number of anilines is 2. The molecule has 0 bridgehead atoms. The molecule has 0 unspecified atom stereocenters. The van der Waals surface area contributed by atoms with E-state index in [2.05, 4.69) is 15.5 Å². The van der Waals surface area contributed by atoms with Crippen molar-refractivity contribution >= 4 is 29.2 Å². The first-order valence-corrected chi connectivity index (χ1v) is 10.2. The summed E-state index contributed by atoms with van der Waals surface area (Å²) in [7, 11) is 0. The number of esters is 1. The van der Waals surface area contributed by atoms with Crippen LogP contribution in [0, 0.1) is 0 Å². The van der Waals surface area contributed by atoms with Gasteiger partial charge in [-0.25, -0.2) is 4.79 Å². The van der Waals surface area contributed by atoms with E-state index in [1.807, 2.05) is 24.3 Å². The Hall–Kier alpha value is -2.61. The Balaban J connectivity index is 1.50. The van der Waals surface area contributed by atoms with E-state index >= 15 is 0 Å². The van der Waals surface area contributed by atoms with Gasteiger partial charge in [-0.3, -0.25) is 9.59 Å². The van der Waals surface area contributed by atoms with E-state index in [9.17, 15) is 14.4 Å². The summed E-state index contributed by atoms with van der Waals surface area (Å²) in [4.78, 5) is 38.6. The summed E-state index contributed by atoms with van der Waals surface area (Å²) < 4.78 is 10.6. The number of hydrogen-bond acceptors (Lipinski definition) is 6. The number of nitrogens with zero attached hydrogens (tertiary/aromatic N) is 1. The molecule has 2 aliphatic rings. The molecule has 8 nitrogen and oxygen atoms in total. The maximum atomic E-state index is 12.6. The molecule has 158 valence electrons. The molecule has 2 amide bonds. The van der Waals surface area contributed by atoms with E-state index in [1.165, 1.54) is 6.92 Å². The molecule has 1 saturated carbocycles. The Morgan fingerprint density at radius 3 is 2.34 bits per heavy atom. The van der Waals surface area contributed by atoms with E-state index in [0.717, 1.165) is 38.0 Å². The molecule has 0 atom stereocenters. The van der Waals surface area contributed by atoms with Gasteiger partial charge in [-0.1, -0.05) is 19.3 Å². The lowest BCUT2D eigenvalue weighted by Crippen LogP contribution is -2.56. The zero-order valence-electron chi connectivity index (χ0n) is 16.9. The van der Waals surface area contributed by atoms with E-state index < -0.39 is 17.4 Å². The van der Waals surface area contributed by atoms with Crippen molar-refractivity contribution in [1.82, 2.24) is 5.32 Å². The average molecular weight is 403 g/mol. The molecule has 1 saturated heterocycles. The van der Waals surface area contributed by atoms with Crippen molar-refractivity contribution in [3.05, 3.63) is 24.3 Å². The molecule has 8 heteroatoms. The van der Waals surface area contributed by atoms with Crippen LogP contribution >= 0.6 is 0 Å². The Morgan fingerprint density at radius 2 is 1.72 bits per heavy atom. The second-order valence-electron chi connectivity index (χ2n) is 7.59. The van der Waals surface area contributed by atoms with Crippen molar-refractivity contribution < 1.29 is 23.9 Å². The molecule has 3 rings (SSSR count). The zero-order chi connectivity index (χ0) is 20.7. The largest absolute Gasteiger partial charge is 0.454 e. The molecule has 2 N–H and O–H groups in total. The average Bonchev–Trinajstić information content (AvgIpc) is 2.73. The van der Waals surface area contributed by atoms with Gasteiger partial charge in [0.25, 0.3) is 5.91 Å². The maximum Gasteiger partial charge on any atom is 0.332 e. The number of nitrogens with one attached hydrogen (secondary N) is 2. The van der Waals surface area contributed by atoms with Crippen LogP contribution in [0.15, 0.2) is 24.3 Å². The van der Waals surface area contributed by atoms with Crippen LogP contribution in [0.2, 0.25) is 0 Å². The van der Waals surface area contributed by atoms with Gasteiger partial charge in [0.15, 0.2) is 6.61 Å². The number of rotatable bonds is 6. The Morgan fingerprint density at radius 1 is 1.07 bits per heavy atom. The van der Waals surface area contributed by atoms with Crippen molar-refractivity contribution in [3.63, 3.8) is 0 Å². The zero-order valence-corrected chi connectivity index (χ0v) is 16.9. The van der Waals surface area contributed by atoms with Crippen LogP contribution in [0.3, 0.4) is 0 Å². The van der Waals surface area contributed by atoms with Gasteiger partial charge in [-0.15, -0.1) is 0 Å². The van der Waals surface area contributed by atoms with E-state index in [-0.39, 0.29) is 12.5 Å². The summed E-state index contributed by atoms with van der Waals surface area (Å²) in [5, 5.41) is 5.48. The topological polar surface area (TPSA) is 97.0 Å². The third kappa shape index (κ3) is 5.69. The van der Waals surface area contributed by atoms with Gasteiger partial charge in [0.2, 0.25) is 5.91 Å². The fourth-order valence-corrected chi connectivity index (χ4v) is 3.92. The van der Waals surface area contributed by atoms with Crippen molar-refractivity contribution in [1.29, 1.82) is 0 Å². The predicted molar refractivity (Wildman–Crippen MR) is 109 cm³/mol. The number of carbonyl (C=O) groups is 3. The normalized spacial score (nSPS) is 18.6. The molecule has 1 aliphatic carbocycles. The number of amides is 2. The summed E-state index contributed by atoms with van der Waals surface area (Å²) in [6.07, 6.45) is 3.79. The fourth-order valence-electron chi connectivity index (χ4n) is 3.92. The highest BCUT2D eigenvalue weighted by molar-refractivity contribution is 5.94. The number of hydrogen-bond donors (Lipinski definition) is 2. The molecule has 0 aromatic heterocycles. The highest BCUT2D eigenvalue weighted by Gasteiger charge is 2.42. The minimum atomic E-state index is -1.01. The Bertz CT molecular complexity index is 722. The Labute approximate surface area is 170 Å². The molecule has 1 aromatic carbocycles. The second-order valence-corrected chi connectivity index (χ2v) is 7.59. The van der Waals surface area contributed by atoms with Crippen LogP contribution in [-0.4, -0.2) is 56.2 Å². The van der Waals surface area contributed by atoms with Crippen molar-refractivity contribution in [2.75, 3.05) is 43.1 Å². The van der Waals surface area contributed by atoms with Gasteiger partial charge in [0, 0.05) is 31.4 Å². The number of ether oxygens (including phenoxy) is 2. The van der Waals surface area contributed by atoms with Crippen LogP contribution in [-0.2, 0) is 23.9 Å². The van der Waals surface area contributed by atoms with E-state index in [4.69, 9.17) is 9.47 Å². The smallest absolute Gasteiger partial charge is 0.332 e. The van der Waals surface area contributed by atoms with Crippen molar-refractivity contribution in [2.24, 2.45) is 0 Å². The summed E-state index contributed by atoms with van der Waals surface area (Å²) >= 11 is 0. The van der Waals surface area contributed by atoms with Crippen LogP contribution in [0.25, 0.3) is 0 Å². The van der Waals surface area contributed by atoms with Crippen molar-refractivity contribution in [2.45, 2.75) is 44.6 Å². The molecular formula is C21H29N3O5. The first kappa shape index (κ1) is 21.1. The van der Waals surface area contributed by atoms with Crippen LogP contribution in [0.5, 0.6) is 0 Å². The molecule has 29 heavy (non-hydrogen) atoms. The van der Waals surface area contributed by atoms with E-state index in [1.54, 1.807) is 0 Å². The fraction of sp³-hybridized carbons (Fsp3) is 0.571. The summed E-state index contributed by atoms with van der Waals surface area (Å²) in [5.41, 5.74) is 0.703. The van der Waals surface area contributed by atoms with Crippen LogP contribution in [0.4, 0.5) is 11.4 Å². The second kappa shape index (κ2) is 9.73. The SMILES string of the molecule is CC(=O)NC1(C(=O)OCC(=O)Nc2ccc(N3CCOCC3)cc2)CCCCC1. The molecule has 0 radical (unpaired) electrons. The highest BCUT2D eigenvalue weighted by atomic mass is 16.5. The molecule has 1 heterocycles. The standard InChI is InChI=1S/C21H29N3O5/c1-16(25)23-21(9-3-2-4-10-21)20(27)29-15-19(26)22-17-5-7-18(8-6-17)24-11-13-28-14-12-24/h5-8H,2-4,9-15H2,1H3,(H,22,26)(H,23,25). The van der Waals surface area contributed by atoms with Crippen LogP contribution < -0.4 is 15.5 Å². The Kier molecular flexibility index (Phi) is 7.09. The quantitative estimate of drug-likeness (QED) is 0.704.